The van der Waals surface area contributed by atoms with Gasteiger partial charge in [0.05, 0.1) is 10.7 Å². The maximum atomic E-state index is 11.4. The predicted molar refractivity (Wildman–Crippen MR) is 52.9 cm³/mol. The highest BCUT2D eigenvalue weighted by Gasteiger charge is 2.24. The minimum Gasteiger partial charge on any atom is -0.299 e. The fourth-order valence-electron chi connectivity index (χ4n) is 1.86. The summed E-state index contributed by atoms with van der Waals surface area (Å²) in [5, 5.41) is 3.17. The van der Waals surface area contributed by atoms with Gasteiger partial charge in [-0.15, -0.1) is 11.3 Å². The highest BCUT2D eigenvalue weighted by atomic mass is 32.1. The summed E-state index contributed by atoms with van der Waals surface area (Å²) in [6, 6.07) is 0. The Morgan fingerprint density at radius 2 is 2.54 bits per heavy atom. The zero-order valence-electron chi connectivity index (χ0n) is 7.75. The minimum absolute atomic E-state index is 0.265. The van der Waals surface area contributed by atoms with Crippen molar-refractivity contribution in [3.63, 3.8) is 0 Å². The third kappa shape index (κ3) is 1.97. The van der Waals surface area contributed by atoms with Crippen LogP contribution in [0.1, 0.15) is 30.0 Å². The lowest BCUT2D eigenvalue weighted by Gasteiger charge is -2.03. The Labute approximate surface area is 82.0 Å². The average Bonchev–Trinajstić information content (AvgIpc) is 2.64. The van der Waals surface area contributed by atoms with E-state index in [1.807, 2.05) is 6.92 Å². The minimum atomic E-state index is 0.265. The number of hydrogen-bond donors (Lipinski definition) is 0. The number of thiazole rings is 1. The Morgan fingerprint density at radius 1 is 1.69 bits per heavy atom. The number of ketones is 1. The Bertz CT molecular complexity index is 318. The molecule has 1 saturated carbocycles. The van der Waals surface area contributed by atoms with Crippen LogP contribution in [0.3, 0.4) is 0 Å². The first kappa shape index (κ1) is 8.88. The topological polar surface area (TPSA) is 30.0 Å². The van der Waals surface area contributed by atoms with Crippen LogP contribution < -0.4 is 0 Å². The largest absolute Gasteiger partial charge is 0.299 e. The van der Waals surface area contributed by atoms with Crippen molar-refractivity contribution in [3.05, 3.63) is 16.1 Å². The van der Waals surface area contributed by atoms with Crippen LogP contribution in [0.15, 0.2) is 5.38 Å². The Hall–Kier alpha value is -0.700. The number of rotatable bonds is 2. The number of carbonyl (C=O) groups is 1. The van der Waals surface area contributed by atoms with Crippen LogP contribution in [-0.2, 0) is 11.2 Å². The Balaban J connectivity index is 2.01. The molecular weight excluding hydrogens is 182 g/mol. The molecule has 0 N–H and O–H groups in total. The monoisotopic (exact) mass is 195 g/mol. The molecule has 0 radical (unpaired) electrons. The molecule has 3 heteroatoms. The quantitative estimate of drug-likeness (QED) is 0.725. The normalized spacial score (nSPS) is 22.5. The molecule has 1 aliphatic carbocycles. The molecule has 1 unspecified atom stereocenters. The van der Waals surface area contributed by atoms with Gasteiger partial charge in [-0.25, -0.2) is 4.98 Å². The Kier molecular flexibility index (Phi) is 2.44. The van der Waals surface area contributed by atoms with Crippen LogP contribution >= 0.6 is 11.3 Å². The lowest BCUT2D eigenvalue weighted by atomic mass is 10.0. The van der Waals surface area contributed by atoms with Gasteiger partial charge in [-0.05, 0) is 19.8 Å². The van der Waals surface area contributed by atoms with Crippen LogP contribution in [0.25, 0.3) is 0 Å². The van der Waals surface area contributed by atoms with Crippen molar-refractivity contribution in [1.29, 1.82) is 0 Å². The highest BCUT2D eigenvalue weighted by Crippen LogP contribution is 2.25. The van der Waals surface area contributed by atoms with Gasteiger partial charge in [0, 0.05) is 24.1 Å². The molecule has 70 valence electrons. The molecule has 1 aliphatic rings. The average molecular weight is 195 g/mol. The highest BCUT2D eigenvalue weighted by molar-refractivity contribution is 7.09. The van der Waals surface area contributed by atoms with Gasteiger partial charge < -0.3 is 0 Å². The first-order valence-electron chi connectivity index (χ1n) is 4.69. The molecule has 0 bridgehead atoms. The molecule has 13 heavy (non-hydrogen) atoms. The molecule has 1 heterocycles. The van der Waals surface area contributed by atoms with Gasteiger partial charge in [0.15, 0.2) is 0 Å². The second-order valence-electron chi connectivity index (χ2n) is 3.62. The summed E-state index contributed by atoms with van der Waals surface area (Å²) in [4.78, 5) is 15.7. The second kappa shape index (κ2) is 3.58. The van der Waals surface area contributed by atoms with Crippen molar-refractivity contribution in [3.8, 4) is 0 Å². The van der Waals surface area contributed by atoms with Gasteiger partial charge >= 0.3 is 0 Å². The summed E-state index contributed by atoms with van der Waals surface area (Å²) in [6.07, 6.45) is 3.79. The fraction of sp³-hybridized carbons (Fsp3) is 0.600. The lowest BCUT2D eigenvalue weighted by Crippen LogP contribution is -2.09. The van der Waals surface area contributed by atoms with Crippen LogP contribution in [-0.4, -0.2) is 10.8 Å². The van der Waals surface area contributed by atoms with Gasteiger partial charge in [-0.1, -0.05) is 0 Å². The van der Waals surface area contributed by atoms with Crippen LogP contribution in [0.4, 0.5) is 0 Å². The third-order valence-electron chi connectivity index (χ3n) is 2.55. The van der Waals surface area contributed by atoms with E-state index in [9.17, 15) is 4.79 Å². The van der Waals surface area contributed by atoms with E-state index >= 15 is 0 Å². The van der Waals surface area contributed by atoms with E-state index in [1.165, 1.54) is 0 Å². The molecule has 1 aromatic heterocycles. The van der Waals surface area contributed by atoms with Gasteiger partial charge in [0.1, 0.15) is 5.78 Å². The van der Waals surface area contributed by atoms with E-state index in [0.29, 0.717) is 5.78 Å². The van der Waals surface area contributed by atoms with Gasteiger partial charge in [-0.2, -0.15) is 0 Å². The van der Waals surface area contributed by atoms with Crippen molar-refractivity contribution in [2.24, 2.45) is 5.92 Å². The van der Waals surface area contributed by atoms with E-state index in [1.54, 1.807) is 11.3 Å². The van der Waals surface area contributed by atoms with E-state index in [-0.39, 0.29) is 5.92 Å². The molecule has 2 nitrogen and oxygen atoms in total. The third-order valence-corrected chi connectivity index (χ3v) is 3.38. The van der Waals surface area contributed by atoms with Gasteiger partial charge in [0.2, 0.25) is 0 Å². The van der Waals surface area contributed by atoms with Crippen molar-refractivity contribution in [2.45, 2.75) is 32.6 Å². The first-order chi connectivity index (χ1) is 6.25. The maximum absolute atomic E-state index is 11.4. The van der Waals surface area contributed by atoms with E-state index < -0.39 is 0 Å². The molecule has 0 amide bonds. The summed E-state index contributed by atoms with van der Waals surface area (Å²) >= 11 is 1.67. The molecule has 2 rings (SSSR count). The van der Waals surface area contributed by atoms with Crippen LogP contribution in [0.5, 0.6) is 0 Å². The van der Waals surface area contributed by atoms with Crippen molar-refractivity contribution < 1.29 is 4.79 Å². The molecule has 0 aliphatic heterocycles. The number of aromatic nitrogens is 1. The van der Waals surface area contributed by atoms with Crippen molar-refractivity contribution in [1.82, 2.24) is 4.98 Å². The summed E-state index contributed by atoms with van der Waals surface area (Å²) in [7, 11) is 0. The molecule has 0 saturated heterocycles. The van der Waals surface area contributed by atoms with Crippen LogP contribution in [0.2, 0.25) is 0 Å². The summed E-state index contributed by atoms with van der Waals surface area (Å²) in [6.45, 7) is 2.00. The standard InChI is InChI=1S/C10H13NOS/c1-7-11-9(6-13-7)5-8-3-2-4-10(8)12/h6,8H,2-5H2,1H3. The lowest BCUT2D eigenvalue weighted by molar-refractivity contribution is -0.120. The van der Waals surface area contributed by atoms with E-state index in [4.69, 9.17) is 0 Å². The molecule has 0 spiro atoms. The maximum Gasteiger partial charge on any atom is 0.136 e. The van der Waals surface area contributed by atoms with E-state index in [2.05, 4.69) is 10.4 Å². The fourth-order valence-corrected chi connectivity index (χ4v) is 2.48. The number of aryl methyl sites for hydroxylation is 1. The number of nitrogens with zero attached hydrogens (tertiary/aromatic N) is 1. The number of hydrogen-bond acceptors (Lipinski definition) is 3. The van der Waals surface area contributed by atoms with Crippen molar-refractivity contribution in [2.75, 3.05) is 0 Å². The first-order valence-corrected chi connectivity index (χ1v) is 5.57. The number of Topliss-reactive ketones (excluding diaryl/α,β-unsaturated/α-hetero) is 1. The SMILES string of the molecule is Cc1nc(CC2CCCC2=O)cs1. The molecule has 1 fully saturated rings. The molecular formula is C10H13NOS. The zero-order valence-corrected chi connectivity index (χ0v) is 8.56. The van der Waals surface area contributed by atoms with Crippen molar-refractivity contribution >= 4 is 17.1 Å². The van der Waals surface area contributed by atoms with Gasteiger partial charge in [0.25, 0.3) is 0 Å². The molecule has 1 aromatic rings. The Morgan fingerprint density at radius 3 is 3.08 bits per heavy atom. The number of carbonyl (C=O) groups excluding carboxylic acids is 1. The van der Waals surface area contributed by atoms with E-state index in [0.717, 1.165) is 36.4 Å². The molecule has 1 atom stereocenters. The predicted octanol–water partition coefficient (Wildman–Crippen LogP) is 2.36. The molecule has 0 aromatic carbocycles. The smallest absolute Gasteiger partial charge is 0.136 e. The summed E-state index contributed by atoms with van der Waals surface area (Å²) in [5.74, 6) is 0.701. The zero-order chi connectivity index (χ0) is 9.26. The summed E-state index contributed by atoms with van der Waals surface area (Å²) < 4.78 is 0. The summed E-state index contributed by atoms with van der Waals surface area (Å²) in [5.41, 5.74) is 1.10. The second-order valence-corrected chi connectivity index (χ2v) is 4.68. The van der Waals surface area contributed by atoms with Gasteiger partial charge in [-0.3, -0.25) is 4.79 Å². The van der Waals surface area contributed by atoms with Crippen LogP contribution in [0, 0.1) is 12.8 Å².